The third-order valence-electron chi connectivity index (χ3n) is 4.57. The molecule has 7 nitrogen and oxygen atoms in total. The molecule has 1 aromatic carbocycles. The van der Waals surface area contributed by atoms with Crippen LogP contribution in [-0.4, -0.2) is 43.9 Å². The molecule has 2 aromatic rings. The highest BCUT2D eigenvalue weighted by Gasteiger charge is 2.29. The lowest BCUT2D eigenvalue weighted by Crippen LogP contribution is -2.38. The van der Waals surface area contributed by atoms with Crippen LogP contribution in [0.3, 0.4) is 0 Å². The minimum atomic E-state index is -0.520. The molecule has 154 valence electrons. The zero-order valence-corrected chi connectivity index (χ0v) is 17.4. The van der Waals surface area contributed by atoms with Crippen LogP contribution in [0.5, 0.6) is 5.75 Å². The summed E-state index contributed by atoms with van der Waals surface area (Å²) < 4.78 is 16.2. The quantitative estimate of drug-likeness (QED) is 0.520. The van der Waals surface area contributed by atoms with Crippen molar-refractivity contribution in [3.05, 3.63) is 40.7 Å². The molecule has 0 N–H and O–H groups in total. The largest absolute Gasteiger partial charge is 0.489 e. The number of ether oxygens (including phenoxy) is 3. The SMILES string of the molecule is CCCCOC(=O)N1CCOc2c(-c3cc(C)ncc3C(=O)OC)cc(Cl)cc21. The number of amides is 1. The summed E-state index contributed by atoms with van der Waals surface area (Å²) >= 11 is 6.37. The van der Waals surface area contributed by atoms with Crippen LogP contribution in [0, 0.1) is 6.92 Å². The van der Waals surface area contributed by atoms with Gasteiger partial charge in [0.25, 0.3) is 0 Å². The normalized spacial score (nSPS) is 12.8. The molecular weight excluding hydrogens is 396 g/mol. The van der Waals surface area contributed by atoms with E-state index in [4.69, 9.17) is 25.8 Å². The lowest BCUT2D eigenvalue weighted by atomic mass is 9.98. The predicted molar refractivity (Wildman–Crippen MR) is 110 cm³/mol. The molecule has 0 spiro atoms. The molecule has 1 aliphatic rings. The third-order valence-corrected chi connectivity index (χ3v) is 4.78. The van der Waals surface area contributed by atoms with Crippen molar-refractivity contribution in [3.8, 4) is 16.9 Å². The van der Waals surface area contributed by atoms with E-state index in [0.717, 1.165) is 12.8 Å². The molecular formula is C21H23ClN2O5. The average molecular weight is 419 g/mol. The van der Waals surface area contributed by atoms with Gasteiger partial charge >= 0.3 is 12.1 Å². The van der Waals surface area contributed by atoms with Gasteiger partial charge in [-0.1, -0.05) is 24.9 Å². The van der Waals surface area contributed by atoms with E-state index in [-0.39, 0.29) is 5.56 Å². The molecule has 0 unspecified atom stereocenters. The first kappa shape index (κ1) is 20.9. The van der Waals surface area contributed by atoms with Crippen LogP contribution in [0.2, 0.25) is 5.02 Å². The van der Waals surface area contributed by atoms with Crippen molar-refractivity contribution in [2.24, 2.45) is 0 Å². The Labute approximate surface area is 174 Å². The van der Waals surface area contributed by atoms with Crippen molar-refractivity contribution in [2.75, 3.05) is 31.8 Å². The molecule has 0 bridgehead atoms. The number of benzene rings is 1. The number of anilines is 1. The molecule has 0 atom stereocenters. The number of carbonyl (C=O) groups excluding carboxylic acids is 2. The topological polar surface area (TPSA) is 78.0 Å². The van der Waals surface area contributed by atoms with Gasteiger partial charge in [0.15, 0.2) is 5.75 Å². The van der Waals surface area contributed by atoms with E-state index in [0.29, 0.717) is 53.0 Å². The second-order valence-electron chi connectivity index (χ2n) is 6.63. The van der Waals surface area contributed by atoms with Gasteiger partial charge in [0, 0.05) is 28.0 Å². The Morgan fingerprint density at radius 3 is 2.79 bits per heavy atom. The number of fused-ring (bicyclic) bond motifs is 1. The number of hydrogen-bond acceptors (Lipinski definition) is 6. The molecule has 0 radical (unpaired) electrons. The van der Waals surface area contributed by atoms with Gasteiger partial charge in [-0.2, -0.15) is 0 Å². The number of aryl methyl sites for hydroxylation is 1. The standard InChI is InChI=1S/C21H23ClN2O5/c1-4-5-7-29-21(26)24-6-8-28-19-16(10-14(22)11-18(19)24)15-9-13(2)23-12-17(15)20(25)27-3/h9-12H,4-8H2,1-3H3. The molecule has 3 rings (SSSR count). The molecule has 8 heteroatoms. The number of nitrogens with zero attached hydrogens (tertiary/aromatic N) is 2. The molecule has 0 saturated heterocycles. The van der Waals surface area contributed by atoms with E-state index in [9.17, 15) is 9.59 Å². The van der Waals surface area contributed by atoms with E-state index in [2.05, 4.69) is 4.98 Å². The maximum atomic E-state index is 12.6. The highest BCUT2D eigenvalue weighted by Crippen LogP contribution is 2.44. The molecule has 0 saturated carbocycles. The van der Waals surface area contributed by atoms with Crippen LogP contribution < -0.4 is 9.64 Å². The molecule has 0 fully saturated rings. The molecule has 1 aromatic heterocycles. The monoisotopic (exact) mass is 418 g/mol. The number of methoxy groups -OCH3 is 1. The van der Waals surface area contributed by atoms with Gasteiger partial charge in [0.05, 0.1) is 31.5 Å². The summed E-state index contributed by atoms with van der Waals surface area (Å²) in [5, 5.41) is 0.404. The van der Waals surface area contributed by atoms with Gasteiger partial charge in [-0.25, -0.2) is 9.59 Å². The lowest BCUT2D eigenvalue weighted by molar-refractivity contribution is 0.0601. The smallest absolute Gasteiger partial charge is 0.414 e. The van der Waals surface area contributed by atoms with Crippen LogP contribution in [0.15, 0.2) is 24.4 Å². The minimum Gasteiger partial charge on any atom is -0.489 e. The van der Waals surface area contributed by atoms with Crippen molar-refractivity contribution < 1.29 is 23.8 Å². The fourth-order valence-electron chi connectivity index (χ4n) is 3.12. The highest BCUT2D eigenvalue weighted by molar-refractivity contribution is 6.31. The Hall–Kier alpha value is -2.80. The Morgan fingerprint density at radius 2 is 2.07 bits per heavy atom. The number of pyridine rings is 1. The summed E-state index contributed by atoms with van der Waals surface area (Å²) in [5.41, 5.74) is 2.67. The number of rotatable bonds is 5. The minimum absolute atomic E-state index is 0.286. The predicted octanol–water partition coefficient (Wildman–Crippen LogP) is 4.63. The Balaban J connectivity index is 2.09. The van der Waals surface area contributed by atoms with E-state index in [1.54, 1.807) is 18.2 Å². The summed E-state index contributed by atoms with van der Waals surface area (Å²) in [7, 11) is 1.31. The maximum Gasteiger partial charge on any atom is 0.414 e. The maximum absolute atomic E-state index is 12.6. The van der Waals surface area contributed by atoms with Crippen molar-refractivity contribution in [3.63, 3.8) is 0 Å². The summed E-state index contributed by atoms with van der Waals surface area (Å²) in [5.74, 6) is -0.0586. The van der Waals surface area contributed by atoms with Crippen LogP contribution in [-0.2, 0) is 9.47 Å². The van der Waals surface area contributed by atoms with E-state index in [1.807, 2.05) is 13.8 Å². The van der Waals surface area contributed by atoms with Gasteiger partial charge < -0.3 is 14.2 Å². The van der Waals surface area contributed by atoms with Gasteiger partial charge in [0.1, 0.15) is 6.61 Å². The fourth-order valence-corrected chi connectivity index (χ4v) is 3.33. The van der Waals surface area contributed by atoms with Crippen LogP contribution in [0.1, 0.15) is 35.8 Å². The second-order valence-corrected chi connectivity index (χ2v) is 7.07. The first-order chi connectivity index (χ1) is 14.0. The van der Waals surface area contributed by atoms with Crippen molar-refractivity contribution in [1.29, 1.82) is 0 Å². The van der Waals surface area contributed by atoms with Crippen LogP contribution >= 0.6 is 11.6 Å². The van der Waals surface area contributed by atoms with Gasteiger partial charge in [0.2, 0.25) is 0 Å². The van der Waals surface area contributed by atoms with E-state index in [1.165, 1.54) is 18.2 Å². The summed E-state index contributed by atoms with van der Waals surface area (Å²) in [6.07, 6.45) is 2.74. The van der Waals surface area contributed by atoms with Crippen LogP contribution in [0.4, 0.5) is 10.5 Å². The zero-order chi connectivity index (χ0) is 21.0. The Kier molecular flexibility index (Phi) is 6.59. The number of unbranched alkanes of at least 4 members (excludes halogenated alkanes) is 1. The highest BCUT2D eigenvalue weighted by atomic mass is 35.5. The van der Waals surface area contributed by atoms with Gasteiger partial charge in [-0.3, -0.25) is 9.88 Å². The van der Waals surface area contributed by atoms with E-state index >= 15 is 0 Å². The lowest BCUT2D eigenvalue weighted by Gasteiger charge is -2.30. The fraction of sp³-hybridized carbons (Fsp3) is 0.381. The van der Waals surface area contributed by atoms with Gasteiger partial charge in [-0.05, 0) is 31.5 Å². The number of esters is 1. The number of halogens is 1. The summed E-state index contributed by atoms with van der Waals surface area (Å²) in [6.45, 7) is 4.84. The number of carbonyl (C=O) groups is 2. The Morgan fingerprint density at radius 1 is 1.28 bits per heavy atom. The van der Waals surface area contributed by atoms with Crippen molar-refractivity contribution in [2.45, 2.75) is 26.7 Å². The van der Waals surface area contributed by atoms with Crippen molar-refractivity contribution in [1.82, 2.24) is 4.98 Å². The molecule has 0 aliphatic carbocycles. The van der Waals surface area contributed by atoms with Crippen LogP contribution in [0.25, 0.3) is 11.1 Å². The zero-order valence-electron chi connectivity index (χ0n) is 16.7. The second kappa shape index (κ2) is 9.13. The third kappa shape index (κ3) is 4.45. The molecule has 1 aliphatic heterocycles. The molecule has 2 heterocycles. The summed E-state index contributed by atoms with van der Waals surface area (Å²) in [6, 6.07) is 5.13. The first-order valence-corrected chi connectivity index (χ1v) is 9.80. The molecule has 1 amide bonds. The summed E-state index contributed by atoms with van der Waals surface area (Å²) in [4.78, 5) is 30.6. The first-order valence-electron chi connectivity index (χ1n) is 9.42. The average Bonchev–Trinajstić information content (AvgIpc) is 2.72. The molecule has 29 heavy (non-hydrogen) atoms. The van der Waals surface area contributed by atoms with E-state index < -0.39 is 12.1 Å². The Bertz CT molecular complexity index is 932. The van der Waals surface area contributed by atoms with Gasteiger partial charge in [-0.15, -0.1) is 0 Å². The number of aromatic nitrogens is 1. The van der Waals surface area contributed by atoms with Crippen molar-refractivity contribution >= 4 is 29.4 Å². The number of hydrogen-bond donors (Lipinski definition) is 0.